The Labute approximate surface area is 158 Å². The minimum Gasteiger partial charge on any atom is -0.496 e. The Bertz CT molecular complexity index is 933. The van der Waals surface area contributed by atoms with Gasteiger partial charge in [-0.1, -0.05) is 16.8 Å². The Morgan fingerprint density at radius 1 is 1.11 bits per heavy atom. The van der Waals surface area contributed by atoms with Gasteiger partial charge in [-0.3, -0.25) is 0 Å². The average Bonchev–Trinajstić information content (AvgIpc) is 3.13. The van der Waals surface area contributed by atoms with E-state index in [0.29, 0.717) is 21.9 Å². The van der Waals surface area contributed by atoms with Gasteiger partial charge in [0.25, 0.3) is 5.89 Å². The maximum Gasteiger partial charge on any atom is 0.387 e. The van der Waals surface area contributed by atoms with E-state index in [4.69, 9.17) is 25.6 Å². The Morgan fingerprint density at radius 2 is 1.89 bits per heavy atom. The number of ether oxygens (including phenoxy) is 3. The standard InChI is InChI=1S/C18H15ClF2N2O4/c1-3-25-15-8-10(4-6-14(15)26-18(20)21)17-22-16(23-27-17)12-9-11(19)5-7-13(12)24-2/h4-9,18H,3H2,1-2H3. The molecule has 2 aromatic carbocycles. The third-order valence-corrected chi connectivity index (χ3v) is 3.77. The normalized spacial score (nSPS) is 10.9. The molecule has 0 atom stereocenters. The molecule has 0 saturated carbocycles. The van der Waals surface area contributed by atoms with Gasteiger partial charge in [0, 0.05) is 10.6 Å². The van der Waals surface area contributed by atoms with Gasteiger partial charge in [-0.05, 0) is 43.3 Å². The predicted octanol–water partition coefficient (Wildman–Crippen LogP) is 5.07. The van der Waals surface area contributed by atoms with Crippen molar-refractivity contribution in [1.29, 1.82) is 0 Å². The van der Waals surface area contributed by atoms with E-state index in [9.17, 15) is 8.78 Å². The van der Waals surface area contributed by atoms with Gasteiger partial charge in [0.05, 0.1) is 19.3 Å². The smallest absolute Gasteiger partial charge is 0.387 e. The molecule has 0 unspecified atom stereocenters. The van der Waals surface area contributed by atoms with Crippen molar-refractivity contribution < 1.29 is 27.5 Å². The highest BCUT2D eigenvalue weighted by atomic mass is 35.5. The summed E-state index contributed by atoms with van der Waals surface area (Å²) in [5, 5.41) is 4.43. The summed E-state index contributed by atoms with van der Waals surface area (Å²) < 4.78 is 45.4. The monoisotopic (exact) mass is 396 g/mol. The van der Waals surface area contributed by atoms with Gasteiger partial charge in [0.2, 0.25) is 5.82 Å². The van der Waals surface area contributed by atoms with Crippen LogP contribution in [0.3, 0.4) is 0 Å². The zero-order valence-electron chi connectivity index (χ0n) is 14.4. The van der Waals surface area contributed by atoms with Crippen LogP contribution < -0.4 is 14.2 Å². The number of nitrogens with zero attached hydrogens (tertiary/aromatic N) is 2. The summed E-state index contributed by atoms with van der Waals surface area (Å²) in [5.41, 5.74) is 1.04. The van der Waals surface area contributed by atoms with Crippen molar-refractivity contribution >= 4 is 11.6 Å². The first-order valence-corrected chi connectivity index (χ1v) is 8.29. The molecule has 142 valence electrons. The highest BCUT2D eigenvalue weighted by molar-refractivity contribution is 6.30. The predicted molar refractivity (Wildman–Crippen MR) is 94.5 cm³/mol. The highest BCUT2D eigenvalue weighted by Gasteiger charge is 2.18. The topological polar surface area (TPSA) is 66.6 Å². The maximum atomic E-state index is 12.5. The summed E-state index contributed by atoms with van der Waals surface area (Å²) in [4.78, 5) is 4.33. The van der Waals surface area contributed by atoms with E-state index in [2.05, 4.69) is 14.9 Å². The average molecular weight is 397 g/mol. The molecule has 6 nitrogen and oxygen atoms in total. The molecule has 3 rings (SSSR count). The van der Waals surface area contributed by atoms with Gasteiger partial charge < -0.3 is 18.7 Å². The van der Waals surface area contributed by atoms with Crippen LogP contribution in [0.15, 0.2) is 40.9 Å². The molecule has 0 spiro atoms. The van der Waals surface area contributed by atoms with Crippen molar-refractivity contribution in [3.63, 3.8) is 0 Å². The lowest BCUT2D eigenvalue weighted by Gasteiger charge is -2.11. The molecule has 3 aromatic rings. The molecule has 0 N–H and O–H groups in total. The van der Waals surface area contributed by atoms with Crippen molar-refractivity contribution in [1.82, 2.24) is 10.1 Å². The number of hydrogen-bond acceptors (Lipinski definition) is 6. The van der Waals surface area contributed by atoms with E-state index >= 15 is 0 Å². The second-order valence-corrected chi connectivity index (χ2v) is 5.68. The third-order valence-electron chi connectivity index (χ3n) is 3.54. The number of rotatable bonds is 7. The molecule has 0 amide bonds. The van der Waals surface area contributed by atoms with Gasteiger partial charge in [-0.25, -0.2) is 0 Å². The van der Waals surface area contributed by atoms with Crippen LogP contribution in [0.4, 0.5) is 8.78 Å². The third kappa shape index (κ3) is 4.28. The van der Waals surface area contributed by atoms with Gasteiger partial charge in [-0.2, -0.15) is 13.8 Å². The number of hydrogen-bond donors (Lipinski definition) is 0. The van der Waals surface area contributed by atoms with Crippen molar-refractivity contribution in [2.45, 2.75) is 13.5 Å². The zero-order chi connectivity index (χ0) is 19.4. The number of alkyl halides is 2. The minimum atomic E-state index is -2.96. The lowest BCUT2D eigenvalue weighted by atomic mass is 10.2. The lowest BCUT2D eigenvalue weighted by molar-refractivity contribution is -0.0514. The van der Waals surface area contributed by atoms with Gasteiger partial charge in [0.1, 0.15) is 5.75 Å². The summed E-state index contributed by atoms with van der Waals surface area (Å²) in [6.45, 7) is -0.951. The molecule has 0 radical (unpaired) electrons. The Morgan fingerprint density at radius 3 is 2.59 bits per heavy atom. The van der Waals surface area contributed by atoms with E-state index in [1.54, 1.807) is 25.1 Å². The molecular weight excluding hydrogens is 382 g/mol. The Balaban J connectivity index is 1.97. The molecule has 1 heterocycles. The van der Waals surface area contributed by atoms with Crippen LogP contribution in [0.2, 0.25) is 5.02 Å². The first-order chi connectivity index (χ1) is 13.0. The number of methoxy groups -OCH3 is 1. The summed E-state index contributed by atoms with van der Waals surface area (Å²) in [5.74, 6) is 1.05. The highest BCUT2D eigenvalue weighted by Crippen LogP contribution is 2.35. The molecule has 0 aliphatic carbocycles. The lowest BCUT2D eigenvalue weighted by Crippen LogP contribution is -2.04. The van der Waals surface area contributed by atoms with Crippen LogP contribution in [0, 0.1) is 0 Å². The Hall–Kier alpha value is -2.87. The van der Waals surface area contributed by atoms with Crippen LogP contribution in [0.25, 0.3) is 22.8 Å². The van der Waals surface area contributed by atoms with Crippen molar-refractivity contribution in [2.24, 2.45) is 0 Å². The van der Waals surface area contributed by atoms with E-state index in [1.807, 2.05) is 0 Å². The minimum absolute atomic E-state index is 0.0770. The summed E-state index contributed by atoms with van der Waals surface area (Å²) >= 11 is 6.03. The van der Waals surface area contributed by atoms with Gasteiger partial charge in [0.15, 0.2) is 11.5 Å². The largest absolute Gasteiger partial charge is 0.496 e. The summed E-state index contributed by atoms with van der Waals surface area (Å²) in [6.07, 6.45) is 0. The molecule has 1 aromatic heterocycles. The number of aromatic nitrogens is 2. The fraction of sp³-hybridized carbons (Fsp3) is 0.222. The molecule has 0 fully saturated rings. The first-order valence-electron chi connectivity index (χ1n) is 7.91. The molecular formula is C18H15ClF2N2O4. The molecule has 0 aliphatic rings. The van der Waals surface area contributed by atoms with Crippen molar-refractivity contribution in [3.05, 3.63) is 41.4 Å². The molecule has 0 aliphatic heterocycles. The van der Waals surface area contributed by atoms with E-state index in [-0.39, 0.29) is 29.8 Å². The van der Waals surface area contributed by atoms with E-state index < -0.39 is 6.61 Å². The maximum absolute atomic E-state index is 12.5. The van der Waals surface area contributed by atoms with E-state index in [0.717, 1.165) is 0 Å². The fourth-order valence-electron chi connectivity index (χ4n) is 2.41. The van der Waals surface area contributed by atoms with Gasteiger partial charge in [-0.15, -0.1) is 0 Å². The summed E-state index contributed by atoms with van der Waals surface area (Å²) in [7, 11) is 1.52. The van der Waals surface area contributed by atoms with E-state index in [1.165, 1.54) is 25.3 Å². The second kappa shape index (κ2) is 8.22. The molecule has 0 saturated heterocycles. The number of benzene rings is 2. The molecule has 0 bridgehead atoms. The fourth-order valence-corrected chi connectivity index (χ4v) is 2.58. The van der Waals surface area contributed by atoms with Gasteiger partial charge >= 0.3 is 6.61 Å². The van der Waals surface area contributed by atoms with Crippen LogP contribution in [-0.4, -0.2) is 30.5 Å². The summed E-state index contributed by atoms with van der Waals surface area (Å²) in [6, 6.07) is 9.40. The first kappa shape index (κ1) is 18.9. The second-order valence-electron chi connectivity index (χ2n) is 5.24. The zero-order valence-corrected chi connectivity index (χ0v) is 15.2. The number of halogens is 3. The quantitative estimate of drug-likeness (QED) is 0.555. The van der Waals surface area contributed by atoms with Crippen LogP contribution >= 0.6 is 11.6 Å². The SMILES string of the molecule is CCOc1cc(-c2nc(-c3cc(Cl)ccc3OC)no2)ccc1OC(F)F. The van der Waals surface area contributed by atoms with Crippen molar-refractivity contribution in [3.8, 4) is 40.1 Å². The molecule has 9 heteroatoms. The van der Waals surface area contributed by atoms with Crippen molar-refractivity contribution in [2.75, 3.05) is 13.7 Å². The Kier molecular flexibility index (Phi) is 5.75. The molecule has 27 heavy (non-hydrogen) atoms. The van der Waals surface area contributed by atoms with Crippen LogP contribution in [0.5, 0.6) is 17.2 Å². The van der Waals surface area contributed by atoms with Crippen LogP contribution in [0.1, 0.15) is 6.92 Å². The van der Waals surface area contributed by atoms with Crippen LogP contribution in [-0.2, 0) is 0 Å².